The second-order valence-corrected chi connectivity index (χ2v) is 25.1. The van der Waals surface area contributed by atoms with Crippen molar-refractivity contribution in [1.82, 2.24) is 0 Å². The monoisotopic (exact) mass is 1200 g/mol. The molecule has 0 amide bonds. The maximum atomic E-state index is 15.7. The van der Waals surface area contributed by atoms with Gasteiger partial charge in [-0.3, -0.25) is 47.5 Å². The first-order chi connectivity index (χ1) is 40.1. The lowest BCUT2D eigenvalue weighted by atomic mass is 10.1. The zero-order valence-electron chi connectivity index (χ0n) is 46.8. The largest absolute Gasteiger partial charge is 0.481 e. The fourth-order valence-electron chi connectivity index (χ4n) is 8.68. The molecule has 5 rings (SSSR count). The summed E-state index contributed by atoms with van der Waals surface area (Å²) in [6.45, 7) is 2.02. The number of carbonyl (C=O) groups is 8. The van der Waals surface area contributed by atoms with Crippen molar-refractivity contribution < 1.29 is 96.3 Å². The van der Waals surface area contributed by atoms with Crippen LogP contribution >= 0.6 is 14.7 Å². The molecule has 0 aromatic heterocycles. The predicted octanol–water partition coefficient (Wildman–Crippen LogP) is 11.0. The topological polar surface area (TPSA) is 318 Å². The fourth-order valence-corrected chi connectivity index (χ4v) is 13.9. The van der Waals surface area contributed by atoms with Gasteiger partial charge >= 0.3 is 47.8 Å². The zero-order chi connectivity index (χ0) is 61.3. The van der Waals surface area contributed by atoms with Crippen LogP contribution in [0.3, 0.4) is 0 Å². The minimum absolute atomic E-state index is 0.0399. The molecule has 0 fully saturated rings. The van der Waals surface area contributed by atoms with Gasteiger partial charge in [0.1, 0.15) is 26.4 Å². The maximum Gasteiger partial charge on any atom is 0.309 e. The number of carbonyl (C=O) groups excluding carboxylic acids is 4. The molecule has 0 aliphatic heterocycles. The Balaban J connectivity index is 0.000000554. The van der Waals surface area contributed by atoms with Crippen LogP contribution in [-0.2, 0) is 97.4 Å². The summed E-state index contributed by atoms with van der Waals surface area (Å²) >= 11 is 0. The summed E-state index contributed by atoms with van der Waals surface area (Å²) in [7, 11) is -8.21. The first kappa shape index (κ1) is 68.7. The van der Waals surface area contributed by atoms with Crippen molar-refractivity contribution in [2.45, 2.75) is 104 Å². The van der Waals surface area contributed by atoms with Gasteiger partial charge in [-0.25, -0.2) is 0 Å². The van der Waals surface area contributed by atoms with Crippen LogP contribution in [0.1, 0.15) is 105 Å². The van der Waals surface area contributed by atoms with Gasteiger partial charge in [-0.15, -0.1) is 0 Å². The molecule has 4 unspecified atom stereocenters. The van der Waals surface area contributed by atoms with E-state index in [2.05, 4.69) is 0 Å². The molecule has 0 aliphatic rings. The molecular formula is C62H74O20P2. The zero-order valence-corrected chi connectivity index (χ0v) is 48.6. The minimum atomic E-state index is -4.18. The van der Waals surface area contributed by atoms with E-state index in [1.165, 1.54) is 0 Å². The number of carboxylic acid groups (broad SMARTS) is 4. The average Bonchev–Trinajstić information content (AvgIpc) is 3.28. The lowest BCUT2D eigenvalue weighted by Crippen LogP contribution is -2.28. The van der Waals surface area contributed by atoms with Gasteiger partial charge in [0.25, 0.3) is 0 Å². The van der Waals surface area contributed by atoms with Gasteiger partial charge in [0.05, 0.1) is 29.8 Å². The smallest absolute Gasteiger partial charge is 0.309 e. The molecule has 0 saturated heterocycles. The molecule has 5 atom stereocenters. The van der Waals surface area contributed by atoms with Gasteiger partial charge in [-0.1, -0.05) is 165 Å². The lowest BCUT2D eigenvalue weighted by Gasteiger charge is -2.30. The highest BCUT2D eigenvalue weighted by Gasteiger charge is 2.40. The van der Waals surface area contributed by atoms with Crippen molar-refractivity contribution in [3.63, 3.8) is 0 Å². The summed E-state index contributed by atoms with van der Waals surface area (Å²) in [6, 6.07) is 46.2. The van der Waals surface area contributed by atoms with Crippen LogP contribution in [-0.4, -0.2) is 97.7 Å². The molecule has 20 nitrogen and oxygen atoms in total. The van der Waals surface area contributed by atoms with Crippen molar-refractivity contribution in [2.75, 3.05) is 24.6 Å². The summed E-state index contributed by atoms with van der Waals surface area (Å²) in [5.41, 5.74) is 3.91. The van der Waals surface area contributed by atoms with E-state index in [1.54, 1.807) is 0 Å². The van der Waals surface area contributed by atoms with Crippen LogP contribution < -0.4 is 0 Å². The maximum absolute atomic E-state index is 15.7. The summed E-state index contributed by atoms with van der Waals surface area (Å²) in [6.07, 6.45) is -3.79. The Bertz CT molecular complexity index is 2780. The van der Waals surface area contributed by atoms with E-state index in [1.807, 2.05) is 159 Å². The summed E-state index contributed by atoms with van der Waals surface area (Å²) in [5.74, 6) is -12.7. The average molecular weight is 1200 g/mol. The van der Waals surface area contributed by atoms with Crippen molar-refractivity contribution >= 4 is 62.5 Å². The van der Waals surface area contributed by atoms with Crippen molar-refractivity contribution in [1.29, 1.82) is 0 Å². The Kier molecular flexibility index (Phi) is 30.1. The van der Waals surface area contributed by atoms with Crippen molar-refractivity contribution in [3.05, 3.63) is 179 Å². The normalized spacial score (nSPS) is 14.2. The van der Waals surface area contributed by atoms with E-state index in [4.69, 9.17) is 43.9 Å². The number of ether oxygens (including phenoxy) is 4. The molecule has 0 saturated carbocycles. The Morgan fingerprint density at radius 3 is 1.02 bits per heavy atom. The van der Waals surface area contributed by atoms with E-state index in [0.717, 1.165) is 27.8 Å². The first-order valence-electron chi connectivity index (χ1n) is 27.5. The Morgan fingerprint density at radius 2 is 0.714 bits per heavy atom. The van der Waals surface area contributed by atoms with Crippen LogP contribution in [0.4, 0.5) is 0 Å². The standard InChI is InChI=1S/C50H55O10P.C12H19O10P/c1-2-18-46(43-27-16-7-17-28-43)60-61(55,37-44(49(53)58-35-41-23-12-5-13-24-41)29-31-47(51)56-33-39-19-8-3-9-20-39)38-45(50(54)59-36-42-25-14-6-15-26-42)30-32-48(52)57-34-40-21-10-4-11-22-40;13-9(14)3-1-7(11(17)18)5-23(21,22)6-8(12(19)20)2-4-10(15)16/h3-17,19-28,44-46H,2,18,29-38H2,1H3;7-8H,1-6H2,(H,13,14)(H,15,16)(H,17,18)(H,19,20)(H,21,22)/t44?,45?,46-,61?;/m1./s1. The van der Waals surface area contributed by atoms with E-state index in [-0.39, 0.29) is 77.3 Å². The molecule has 452 valence electrons. The van der Waals surface area contributed by atoms with Crippen LogP contribution in [0, 0.1) is 23.7 Å². The van der Waals surface area contributed by atoms with Gasteiger partial charge in [0.2, 0.25) is 14.7 Å². The van der Waals surface area contributed by atoms with Crippen LogP contribution in [0.15, 0.2) is 152 Å². The van der Waals surface area contributed by atoms with Crippen LogP contribution in [0.2, 0.25) is 0 Å². The van der Waals surface area contributed by atoms with Gasteiger partial charge < -0.3 is 48.8 Å². The third-order valence-corrected chi connectivity index (χ3v) is 17.8. The van der Waals surface area contributed by atoms with Gasteiger partial charge in [0, 0.05) is 50.3 Å². The second-order valence-electron chi connectivity index (χ2n) is 20.1. The molecule has 5 aromatic carbocycles. The predicted molar refractivity (Wildman–Crippen MR) is 308 cm³/mol. The van der Waals surface area contributed by atoms with Gasteiger partial charge in [-0.2, -0.15) is 0 Å². The van der Waals surface area contributed by atoms with Gasteiger partial charge in [0.15, 0.2) is 0 Å². The Morgan fingerprint density at radius 1 is 0.405 bits per heavy atom. The number of benzene rings is 5. The SMILES string of the molecule is CCC[C@@H](OP(=O)(CC(CCC(=O)OCc1ccccc1)C(=O)OCc1ccccc1)CC(CCC(=O)OCc1ccccc1)C(=O)OCc1ccccc1)c1ccccc1.O=C(O)CCC(CP(=O)(O)CC(CCC(=O)O)C(=O)O)C(=O)O. The summed E-state index contributed by atoms with van der Waals surface area (Å²) < 4.78 is 57.1. The number of rotatable bonds is 37. The van der Waals surface area contributed by atoms with E-state index in [9.17, 15) is 47.8 Å². The second kappa shape index (κ2) is 36.7. The Labute approximate surface area is 488 Å². The highest BCUT2D eigenvalue weighted by molar-refractivity contribution is 7.59. The molecule has 0 heterocycles. The number of carboxylic acids is 4. The van der Waals surface area contributed by atoms with E-state index >= 15 is 4.57 Å². The highest BCUT2D eigenvalue weighted by Crippen LogP contribution is 2.56. The molecule has 0 bridgehead atoms. The minimum Gasteiger partial charge on any atom is -0.481 e. The quantitative estimate of drug-likeness (QED) is 0.0140. The van der Waals surface area contributed by atoms with Crippen molar-refractivity contribution in [2.24, 2.45) is 23.7 Å². The molecular weight excluding hydrogens is 1130 g/mol. The van der Waals surface area contributed by atoms with Crippen LogP contribution in [0.5, 0.6) is 0 Å². The summed E-state index contributed by atoms with van der Waals surface area (Å²) in [4.78, 5) is 107. The molecule has 0 radical (unpaired) electrons. The van der Waals surface area contributed by atoms with E-state index in [0.29, 0.717) is 12.8 Å². The summed E-state index contributed by atoms with van der Waals surface area (Å²) in [5, 5.41) is 34.9. The molecule has 0 aliphatic carbocycles. The number of hydrogen-bond donors (Lipinski definition) is 5. The first-order valence-corrected chi connectivity index (χ1v) is 31.5. The molecule has 22 heteroatoms. The fraction of sp³-hybridized carbons (Fsp3) is 0.387. The highest BCUT2D eigenvalue weighted by atomic mass is 31.2. The van der Waals surface area contributed by atoms with Crippen LogP contribution in [0.25, 0.3) is 0 Å². The third-order valence-electron chi connectivity index (χ3n) is 13.2. The number of esters is 4. The van der Waals surface area contributed by atoms with Gasteiger partial charge in [-0.05, 0) is 59.9 Å². The lowest BCUT2D eigenvalue weighted by molar-refractivity contribution is -0.151. The van der Waals surface area contributed by atoms with E-state index < -0.39 is 117 Å². The van der Waals surface area contributed by atoms with Crippen molar-refractivity contribution in [3.8, 4) is 0 Å². The molecule has 5 aromatic rings. The molecule has 84 heavy (non-hydrogen) atoms. The molecule has 5 N–H and O–H groups in total. The number of aliphatic carboxylic acids is 4. The Hall–Kier alpha value is -7.76. The number of hydrogen-bond acceptors (Lipinski definition) is 15. The molecule has 0 spiro atoms. The third kappa shape index (κ3) is 27.5.